The smallest absolute Gasteiger partial charge is 0.273 e. The Morgan fingerprint density at radius 1 is 1.36 bits per heavy atom. The molecule has 0 bridgehead atoms. The Labute approximate surface area is 130 Å². The zero-order valence-corrected chi connectivity index (χ0v) is 13.0. The van der Waals surface area contributed by atoms with Crippen LogP contribution in [0.25, 0.3) is 0 Å². The van der Waals surface area contributed by atoms with E-state index in [4.69, 9.17) is 4.74 Å². The molecule has 2 saturated heterocycles. The van der Waals surface area contributed by atoms with Crippen molar-refractivity contribution in [2.24, 2.45) is 0 Å². The zero-order valence-electron chi connectivity index (χ0n) is 13.0. The predicted molar refractivity (Wildman–Crippen MR) is 81.6 cm³/mol. The van der Waals surface area contributed by atoms with Crippen molar-refractivity contribution < 1.29 is 9.53 Å². The minimum Gasteiger partial charge on any atom is -0.381 e. The first-order valence-electron chi connectivity index (χ1n) is 8.33. The van der Waals surface area contributed by atoms with E-state index in [1.54, 1.807) is 10.9 Å². The molecule has 7 nitrogen and oxygen atoms in total. The van der Waals surface area contributed by atoms with Gasteiger partial charge in [-0.05, 0) is 38.6 Å². The Balaban J connectivity index is 1.46. The molecule has 1 aromatic rings. The number of nitrogens with one attached hydrogen (secondary N) is 2. The van der Waals surface area contributed by atoms with Gasteiger partial charge in [-0.2, -0.15) is 0 Å². The summed E-state index contributed by atoms with van der Waals surface area (Å²) in [5.41, 5.74) is 0.406. The summed E-state index contributed by atoms with van der Waals surface area (Å²) >= 11 is 0. The van der Waals surface area contributed by atoms with Crippen molar-refractivity contribution in [3.05, 3.63) is 11.9 Å². The monoisotopic (exact) mass is 307 g/mol. The van der Waals surface area contributed by atoms with E-state index in [-0.39, 0.29) is 11.9 Å². The van der Waals surface area contributed by atoms with Crippen LogP contribution in [0.4, 0.5) is 0 Å². The number of aromatic nitrogens is 3. The first-order chi connectivity index (χ1) is 10.8. The van der Waals surface area contributed by atoms with Gasteiger partial charge in [0.05, 0.1) is 6.20 Å². The standard InChI is InChI=1S/C15H25N5O2/c21-15(17-13-5-9-22-10-6-13)14-11-20(19-18-14)8-4-12-3-1-2-7-16-12/h11-13,16H,1-10H2,(H,17,21)/t12-/m1/s1. The molecule has 1 atom stereocenters. The molecule has 0 spiro atoms. The van der Waals surface area contributed by atoms with Gasteiger partial charge in [0.1, 0.15) is 0 Å². The molecule has 1 aromatic heterocycles. The summed E-state index contributed by atoms with van der Waals surface area (Å²) in [5.74, 6) is -0.131. The quantitative estimate of drug-likeness (QED) is 0.838. The number of carbonyl (C=O) groups is 1. The molecule has 0 aromatic carbocycles. The molecule has 3 rings (SSSR count). The van der Waals surface area contributed by atoms with E-state index in [0.717, 1.165) is 32.4 Å². The van der Waals surface area contributed by atoms with Crippen molar-refractivity contribution in [3.8, 4) is 0 Å². The highest BCUT2D eigenvalue weighted by Crippen LogP contribution is 2.11. The molecule has 122 valence electrons. The molecular weight excluding hydrogens is 282 g/mol. The largest absolute Gasteiger partial charge is 0.381 e. The minimum atomic E-state index is -0.131. The Morgan fingerprint density at radius 3 is 3.00 bits per heavy atom. The second kappa shape index (κ2) is 7.69. The van der Waals surface area contributed by atoms with Gasteiger partial charge in [-0.15, -0.1) is 5.10 Å². The average Bonchev–Trinajstić information content (AvgIpc) is 3.04. The molecule has 22 heavy (non-hydrogen) atoms. The highest BCUT2D eigenvalue weighted by atomic mass is 16.5. The Kier molecular flexibility index (Phi) is 5.39. The van der Waals surface area contributed by atoms with E-state index in [9.17, 15) is 4.79 Å². The molecule has 3 heterocycles. The summed E-state index contributed by atoms with van der Waals surface area (Å²) in [7, 11) is 0. The summed E-state index contributed by atoms with van der Waals surface area (Å²) in [5, 5.41) is 14.6. The number of ether oxygens (including phenoxy) is 1. The molecule has 0 saturated carbocycles. The van der Waals surface area contributed by atoms with Crippen molar-refractivity contribution in [1.29, 1.82) is 0 Å². The fourth-order valence-electron chi connectivity index (χ4n) is 3.07. The summed E-state index contributed by atoms with van der Waals surface area (Å²) in [6.45, 7) is 3.34. The number of carbonyl (C=O) groups excluding carboxylic acids is 1. The second-order valence-electron chi connectivity index (χ2n) is 6.16. The molecule has 2 aliphatic rings. The van der Waals surface area contributed by atoms with Crippen LogP contribution in [0.5, 0.6) is 0 Å². The highest BCUT2D eigenvalue weighted by Gasteiger charge is 2.19. The van der Waals surface area contributed by atoms with E-state index in [1.165, 1.54) is 19.3 Å². The topological polar surface area (TPSA) is 81.1 Å². The lowest BCUT2D eigenvalue weighted by atomic mass is 10.0. The van der Waals surface area contributed by atoms with Gasteiger partial charge in [-0.25, -0.2) is 0 Å². The van der Waals surface area contributed by atoms with E-state index >= 15 is 0 Å². The molecule has 0 aliphatic carbocycles. The molecule has 1 amide bonds. The lowest BCUT2D eigenvalue weighted by Crippen LogP contribution is -2.39. The summed E-state index contributed by atoms with van der Waals surface area (Å²) in [4.78, 5) is 12.2. The van der Waals surface area contributed by atoms with Gasteiger partial charge in [0.2, 0.25) is 0 Å². The van der Waals surface area contributed by atoms with Gasteiger partial charge in [0.15, 0.2) is 5.69 Å². The third-order valence-electron chi connectivity index (χ3n) is 4.45. The molecule has 2 aliphatic heterocycles. The SMILES string of the molecule is O=C(NC1CCOCC1)c1cn(CC[C@H]2CCCCN2)nn1. The van der Waals surface area contributed by atoms with Crippen LogP contribution in [-0.2, 0) is 11.3 Å². The summed E-state index contributed by atoms with van der Waals surface area (Å²) in [6, 6.07) is 0.760. The van der Waals surface area contributed by atoms with Crippen molar-refractivity contribution >= 4 is 5.91 Å². The van der Waals surface area contributed by atoms with E-state index in [1.807, 2.05) is 0 Å². The fraction of sp³-hybridized carbons (Fsp3) is 0.800. The predicted octanol–water partition coefficient (Wildman–Crippen LogP) is 0.719. The number of amides is 1. The molecule has 7 heteroatoms. The number of aryl methyl sites for hydroxylation is 1. The first-order valence-corrected chi connectivity index (χ1v) is 8.33. The van der Waals surface area contributed by atoms with Crippen LogP contribution in [0.3, 0.4) is 0 Å². The molecule has 2 N–H and O–H groups in total. The zero-order chi connectivity index (χ0) is 15.2. The van der Waals surface area contributed by atoms with Gasteiger partial charge in [0, 0.05) is 31.8 Å². The van der Waals surface area contributed by atoms with Crippen LogP contribution in [0.1, 0.15) is 49.0 Å². The molecule has 0 radical (unpaired) electrons. The van der Waals surface area contributed by atoms with Gasteiger partial charge in [-0.3, -0.25) is 9.48 Å². The minimum absolute atomic E-state index is 0.131. The normalized spacial score (nSPS) is 23.4. The van der Waals surface area contributed by atoms with Gasteiger partial charge in [-0.1, -0.05) is 11.6 Å². The van der Waals surface area contributed by atoms with Crippen molar-refractivity contribution in [1.82, 2.24) is 25.6 Å². The van der Waals surface area contributed by atoms with E-state index in [2.05, 4.69) is 20.9 Å². The van der Waals surface area contributed by atoms with Crippen molar-refractivity contribution in [3.63, 3.8) is 0 Å². The third-order valence-corrected chi connectivity index (χ3v) is 4.45. The van der Waals surface area contributed by atoms with Crippen LogP contribution in [0.15, 0.2) is 6.20 Å². The Morgan fingerprint density at radius 2 is 2.23 bits per heavy atom. The summed E-state index contributed by atoms with van der Waals surface area (Å²) < 4.78 is 7.06. The van der Waals surface area contributed by atoms with E-state index in [0.29, 0.717) is 24.9 Å². The Hall–Kier alpha value is -1.47. The fourth-order valence-corrected chi connectivity index (χ4v) is 3.07. The maximum Gasteiger partial charge on any atom is 0.273 e. The second-order valence-corrected chi connectivity index (χ2v) is 6.16. The number of nitrogens with zero attached hydrogens (tertiary/aromatic N) is 3. The third kappa shape index (κ3) is 4.27. The number of hydrogen-bond donors (Lipinski definition) is 2. The molecule has 0 unspecified atom stereocenters. The average molecular weight is 307 g/mol. The van der Waals surface area contributed by atoms with E-state index < -0.39 is 0 Å². The highest BCUT2D eigenvalue weighted by molar-refractivity contribution is 5.92. The summed E-state index contributed by atoms with van der Waals surface area (Å²) in [6.07, 6.45) is 8.32. The van der Waals surface area contributed by atoms with Gasteiger partial charge >= 0.3 is 0 Å². The van der Waals surface area contributed by atoms with Crippen molar-refractivity contribution in [2.45, 2.75) is 57.2 Å². The van der Waals surface area contributed by atoms with Crippen LogP contribution in [0.2, 0.25) is 0 Å². The Bertz CT molecular complexity index is 478. The van der Waals surface area contributed by atoms with Crippen LogP contribution in [-0.4, -0.2) is 52.7 Å². The van der Waals surface area contributed by atoms with Crippen LogP contribution >= 0.6 is 0 Å². The van der Waals surface area contributed by atoms with Crippen LogP contribution in [0, 0.1) is 0 Å². The lowest BCUT2D eigenvalue weighted by Gasteiger charge is -2.23. The number of rotatable bonds is 5. The number of piperidine rings is 1. The van der Waals surface area contributed by atoms with Gasteiger partial charge < -0.3 is 15.4 Å². The van der Waals surface area contributed by atoms with Crippen LogP contribution < -0.4 is 10.6 Å². The maximum atomic E-state index is 12.2. The first kappa shape index (κ1) is 15.4. The molecule has 2 fully saturated rings. The lowest BCUT2D eigenvalue weighted by molar-refractivity contribution is 0.0694. The number of hydrogen-bond acceptors (Lipinski definition) is 5. The van der Waals surface area contributed by atoms with Gasteiger partial charge in [0.25, 0.3) is 5.91 Å². The maximum absolute atomic E-state index is 12.2. The molecular formula is C15H25N5O2. The van der Waals surface area contributed by atoms with Crippen molar-refractivity contribution in [2.75, 3.05) is 19.8 Å².